The molecule has 1 aliphatic rings. The van der Waals surface area contributed by atoms with Crippen molar-refractivity contribution >= 4 is 5.71 Å². The minimum atomic E-state index is 0.832. The van der Waals surface area contributed by atoms with Crippen LogP contribution in [0.4, 0.5) is 0 Å². The minimum absolute atomic E-state index is 0.832. The first-order valence-electron chi connectivity index (χ1n) is 4.97. The fourth-order valence-electron chi connectivity index (χ4n) is 1.51. The zero-order valence-electron chi connectivity index (χ0n) is 9.14. The molecular weight excluding hydrogens is 174 g/mol. The van der Waals surface area contributed by atoms with Gasteiger partial charge < -0.3 is 10.2 Å². The maximum absolute atomic E-state index is 4.31. The number of hydrogen-bond donors (Lipinski definition) is 1. The number of nitrogens with one attached hydrogen (secondary N) is 1. The molecule has 0 atom stereocenters. The SMILES string of the molecule is C=C(C)/N=C(/C)C(=C)N1CCNCC1. The second-order valence-electron chi connectivity index (χ2n) is 3.62. The van der Waals surface area contributed by atoms with Crippen LogP contribution in [0.5, 0.6) is 0 Å². The third-order valence-electron chi connectivity index (χ3n) is 2.27. The summed E-state index contributed by atoms with van der Waals surface area (Å²) in [5.41, 5.74) is 2.83. The van der Waals surface area contributed by atoms with Crippen molar-refractivity contribution in [3.63, 3.8) is 0 Å². The van der Waals surface area contributed by atoms with Gasteiger partial charge in [-0.2, -0.15) is 0 Å². The molecule has 0 aromatic heterocycles. The molecule has 14 heavy (non-hydrogen) atoms. The molecule has 0 saturated carbocycles. The summed E-state index contributed by atoms with van der Waals surface area (Å²) in [6.45, 7) is 15.8. The average Bonchev–Trinajstić information content (AvgIpc) is 2.17. The van der Waals surface area contributed by atoms with E-state index >= 15 is 0 Å². The van der Waals surface area contributed by atoms with Crippen LogP contribution in [0, 0.1) is 0 Å². The highest BCUT2D eigenvalue weighted by atomic mass is 15.2. The molecule has 0 aromatic rings. The number of hydrogen-bond acceptors (Lipinski definition) is 3. The third-order valence-corrected chi connectivity index (χ3v) is 2.27. The van der Waals surface area contributed by atoms with Gasteiger partial charge in [0.15, 0.2) is 0 Å². The van der Waals surface area contributed by atoms with E-state index in [1.54, 1.807) is 0 Å². The largest absolute Gasteiger partial charge is 0.368 e. The van der Waals surface area contributed by atoms with Crippen molar-refractivity contribution in [1.29, 1.82) is 0 Å². The molecule has 0 aliphatic carbocycles. The lowest BCUT2D eigenvalue weighted by Crippen LogP contribution is -2.43. The Morgan fingerprint density at radius 1 is 1.21 bits per heavy atom. The Balaban J connectivity index is 2.59. The van der Waals surface area contributed by atoms with Gasteiger partial charge in [-0.3, -0.25) is 4.99 Å². The van der Waals surface area contributed by atoms with Crippen molar-refractivity contribution in [2.45, 2.75) is 13.8 Å². The van der Waals surface area contributed by atoms with Crippen LogP contribution in [0.25, 0.3) is 0 Å². The zero-order chi connectivity index (χ0) is 10.6. The van der Waals surface area contributed by atoms with E-state index in [9.17, 15) is 0 Å². The van der Waals surface area contributed by atoms with E-state index in [0.29, 0.717) is 0 Å². The fraction of sp³-hybridized carbons (Fsp3) is 0.545. The first kappa shape index (κ1) is 11.0. The standard InChI is InChI=1S/C11H19N3/c1-9(2)13-10(3)11(4)14-7-5-12-6-8-14/h12H,1,4-8H2,2-3H3/b13-10-. The van der Waals surface area contributed by atoms with E-state index in [4.69, 9.17) is 0 Å². The number of allylic oxidation sites excluding steroid dienone is 2. The van der Waals surface area contributed by atoms with Crippen LogP contribution in [0.3, 0.4) is 0 Å². The summed E-state index contributed by atoms with van der Waals surface area (Å²) in [5.74, 6) is 0. The molecule has 1 saturated heterocycles. The van der Waals surface area contributed by atoms with Gasteiger partial charge in [-0.1, -0.05) is 13.2 Å². The van der Waals surface area contributed by atoms with E-state index in [1.807, 2.05) is 13.8 Å². The molecule has 1 rings (SSSR count). The summed E-state index contributed by atoms with van der Waals surface area (Å²) in [5, 5.41) is 3.31. The van der Waals surface area contributed by atoms with Crippen LogP contribution in [0.2, 0.25) is 0 Å². The first-order valence-corrected chi connectivity index (χ1v) is 4.97. The van der Waals surface area contributed by atoms with Crippen LogP contribution in [0.15, 0.2) is 29.5 Å². The molecule has 1 aliphatic heterocycles. The number of piperazine rings is 1. The Morgan fingerprint density at radius 2 is 1.79 bits per heavy atom. The molecule has 0 radical (unpaired) electrons. The molecule has 1 fully saturated rings. The van der Waals surface area contributed by atoms with Gasteiger partial charge in [0.1, 0.15) is 0 Å². The lowest BCUT2D eigenvalue weighted by molar-refractivity contribution is 0.312. The van der Waals surface area contributed by atoms with Crippen molar-refractivity contribution < 1.29 is 0 Å². The molecular formula is C11H19N3. The molecule has 0 aromatic carbocycles. The van der Waals surface area contributed by atoms with Gasteiger partial charge in [-0.05, 0) is 13.8 Å². The van der Waals surface area contributed by atoms with Gasteiger partial charge in [0.2, 0.25) is 0 Å². The summed E-state index contributed by atoms with van der Waals surface area (Å²) >= 11 is 0. The van der Waals surface area contributed by atoms with Crippen LogP contribution < -0.4 is 5.32 Å². The molecule has 1 N–H and O–H groups in total. The summed E-state index contributed by atoms with van der Waals surface area (Å²) in [6.07, 6.45) is 0. The van der Waals surface area contributed by atoms with Crippen molar-refractivity contribution in [3.8, 4) is 0 Å². The number of rotatable bonds is 3. The Hall–Kier alpha value is -1.09. The van der Waals surface area contributed by atoms with Crippen LogP contribution in [-0.2, 0) is 0 Å². The highest BCUT2D eigenvalue weighted by Crippen LogP contribution is 2.07. The summed E-state index contributed by atoms with van der Waals surface area (Å²) < 4.78 is 0. The summed E-state index contributed by atoms with van der Waals surface area (Å²) in [6, 6.07) is 0. The molecule has 1 heterocycles. The monoisotopic (exact) mass is 193 g/mol. The molecule has 78 valence electrons. The van der Waals surface area contributed by atoms with Gasteiger partial charge in [0.25, 0.3) is 0 Å². The Labute approximate surface area is 86.2 Å². The normalized spacial score (nSPS) is 18.1. The maximum atomic E-state index is 4.31. The Morgan fingerprint density at radius 3 is 2.29 bits per heavy atom. The number of nitrogens with zero attached hydrogens (tertiary/aromatic N) is 2. The van der Waals surface area contributed by atoms with Crippen LogP contribution in [0.1, 0.15) is 13.8 Å². The third kappa shape index (κ3) is 3.00. The highest BCUT2D eigenvalue weighted by Gasteiger charge is 2.12. The fourth-order valence-corrected chi connectivity index (χ4v) is 1.51. The van der Waals surface area contributed by atoms with Gasteiger partial charge in [-0.15, -0.1) is 0 Å². The van der Waals surface area contributed by atoms with E-state index in [-0.39, 0.29) is 0 Å². The van der Waals surface area contributed by atoms with Gasteiger partial charge in [0, 0.05) is 31.9 Å². The molecule has 0 bridgehead atoms. The van der Waals surface area contributed by atoms with Crippen LogP contribution >= 0.6 is 0 Å². The van der Waals surface area contributed by atoms with E-state index in [1.165, 1.54) is 0 Å². The first-order chi connectivity index (χ1) is 6.61. The van der Waals surface area contributed by atoms with Crippen molar-refractivity contribution in [2.75, 3.05) is 26.2 Å². The second-order valence-corrected chi connectivity index (χ2v) is 3.62. The van der Waals surface area contributed by atoms with E-state index in [2.05, 4.69) is 28.4 Å². The molecule has 3 heteroatoms. The smallest absolute Gasteiger partial charge is 0.0602 e. The quantitative estimate of drug-likeness (QED) is 0.686. The lowest BCUT2D eigenvalue weighted by atomic mass is 10.2. The van der Waals surface area contributed by atoms with Gasteiger partial charge in [0.05, 0.1) is 11.4 Å². The van der Waals surface area contributed by atoms with Crippen molar-refractivity contribution in [2.24, 2.45) is 4.99 Å². The maximum Gasteiger partial charge on any atom is 0.0602 e. The molecule has 0 amide bonds. The molecule has 0 unspecified atom stereocenters. The lowest BCUT2D eigenvalue weighted by Gasteiger charge is -2.30. The summed E-state index contributed by atoms with van der Waals surface area (Å²) in [7, 11) is 0. The minimum Gasteiger partial charge on any atom is -0.368 e. The van der Waals surface area contributed by atoms with Gasteiger partial charge >= 0.3 is 0 Å². The number of aliphatic imine (C=N–C) groups is 1. The van der Waals surface area contributed by atoms with E-state index in [0.717, 1.165) is 43.3 Å². The predicted octanol–water partition coefficient (Wildman–Crippen LogP) is 1.40. The molecule has 3 nitrogen and oxygen atoms in total. The van der Waals surface area contributed by atoms with Gasteiger partial charge in [-0.25, -0.2) is 0 Å². The van der Waals surface area contributed by atoms with Crippen molar-refractivity contribution in [3.05, 3.63) is 24.6 Å². The summed E-state index contributed by atoms with van der Waals surface area (Å²) in [4.78, 5) is 6.58. The van der Waals surface area contributed by atoms with Crippen LogP contribution in [-0.4, -0.2) is 36.8 Å². The predicted molar refractivity (Wildman–Crippen MR) is 61.5 cm³/mol. The zero-order valence-corrected chi connectivity index (χ0v) is 9.14. The second kappa shape index (κ2) is 4.96. The Bertz CT molecular complexity index is 260. The molecule has 0 spiro atoms. The topological polar surface area (TPSA) is 27.6 Å². The van der Waals surface area contributed by atoms with E-state index < -0.39 is 0 Å². The van der Waals surface area contributed by atoms with Crippen molar-refractivity contribution in [1.82, 2.24) is 10.2 Å². The average molecular weight is 193 g/mol. The Kier molecular flexibility index (Phi) is 3.89. The highest BCUT2D eigenvalue weighted by molar-refractivity contribution is 5.97.